The summed E-state index contributed by atoms with van der Waals surface area (Å²) in [6, 6.07) is 0. The van der Waals surface area contributed by atoms with Gasteiger partial charge in [-0.2, -0.15) is 5.84 Å². The largest absolute Gasteiger partial charge is 0.569 e. The monoisotopic (exact) mass is 77.0 g/mol. The van der Waals surface area contributed by atoms with Crippen molar-refractivity contribution in [1.82, 2.24) is 0 Å². The van der Waals surface area contributed by atoms with Gasteiger partial charge in [0.1, 0.15) is 0 Å². The molecule has 0 atom stereocenters. The highest BCUT2D eigenvalue weighted by Gasteiger charge is 1.63. The van der Waals surface area contributed by atoms with Crippen molar-refractivity contribution < 1.29 is 10.2 Å². The van der Waals surface area contributed by atoms with Gasteiger partial charge in [0.25, 0.3) is 0 Å². The van der Waals surface area contributed by atoms with Crippen LogP contribution in [0.3, 0.4) is 0 Å². The molecule has 0 aliphatic rings. The van der Waals surface area contributed by atoms with Crippen molar-refractivity contribution in [3.63, 3.8) is 0 Å². The number of hydrogen-bond donors (Lipinski definition) is 2. The molecular formula is H3N3O2. The number of hydrazine groups is 1. The van der Waals surface area contributed by atoms with E-state index in [1.54, 1.807) is 0 Å². The molecule has 0 unspecified atom stereocenters. The van der Waals surface area contributed by atoms with Crippen LogP contribution in [0.1, 0.15) is 0 Å². The van der Waals surface area contributed by atoms with Crippen LogP contribution in [0.15, 0.2) is 5.28 Å². The summed E-state index contributed by atoms with van der Waals surface area (Å²) in [5, 5.41) is 18.3. The lowest BCUT2D eigenvalue weighted by molar-refractivity contribution is -0.566. The topological polar surface area (TPSA) is 84.7 Å². The van der Waals surface area contributed by atoms with Crippen molar-refractivity contribution in [2.24, 2.45) is 11.1 Å². The lowest BCUT2D eigenvalue weighted by Gasteiger charge is -1.77. The van der Waals surface area contributed by atoms with E-state index in [9.17, 15) is 0 Å². The SMILES string of the molecule is N/[N+]([O-])=N/O. The van der Waals surface area contributed by atoms with Gasteiger partial charge in [-0.25, -0.2) is 0 Å². The van der Waals surface area contributed by atoms with E-state index in [0.717, 1.165) is 0 Å². The first kappa shape index (κ1) is 4.00. The van der Waals surface area contributed by atoms with Crippen LogP contribution in [-0.2, 0) is 0 Å². The third-order valence-corrected chi connectivity index (χ3v) is 0.0882. The van der Waals surface area contributed by atoms with Crippen molar-refractivity contribution in [2.45, 2.75) is 0 Å². The Morgan fingerprint density at radius 2 is 2.20 bits per heavy atom. The minimum atomic E-state index is -0.444. The lowest BCUT2D eigenvalue weighted by atomic mass is 12.6. The van der Waals surface area contributed by atoms with E-state index in [-0.39, 0.29) is 0 Å². The molecular weight excluding hydrogens is 74.0 g/mol. The molecule has 5 heavy (non-hydrogen) atoms. The summed E-state index contributed by atoms with van der Waals surface area (Å²) in [4.78, 5) is -0.444. The number of nitrogens with two attached hydrogens (primary N) is 1. The van der Waals surface area contributed by atoms with E-state index in [2.05, 4.69) is 5.84 Å². The van der Waals surface area contributed by atoms with Crippen LogP contribution in [0, 0.1) is 5.21 Å². The molecule has 5 nitrogen and oxygen atoms in total. The molecule has 3 N–H and O–H groups in total. The predicted octanol–water partition coefficient (Wildman–Crippen LogP) is -0.788. The second-order valence-electron chi connectivity index (χ2n) is 0.392. The Morgan fingerprint density at radius 3 is 2.20 bits per heavy atom. The fourth-order valence-electron chi connectivity index (χ4n) is 0. The molecule has 0 fully saturated rings. The van der Waals surface area contributed by atoms with Crippen LogP contribution in [0.25, 0.3) is 0 Å². The quantitative estimate of drug-likeness (QED) is 0.172. The van der Waals surface area contributed by atoms with Gasteiger partial charge in [-0.1, -0.05) is 0 Å². The molecule has 0 aromatic carbocycles. The maximum absolute atomic E-state index is 9.09. The maximum Gasteiger partial charge on any atom is 0.230 e. The Balaban J connectivity index is 3.14. The molecule has 0 aliphatic carbocycles. The molecule has 30 valence electrons. The molecule has 0 rings (SSSR count). The zero-order valence-corrected chi connectivity index (χ0v) is 2.33. The second-order valence-corrected chi connectivity index (χ2v) is 0.392. The first-order valence-corrected chi connectivity index (χ1v) is 0.841. The van der Waals surface area contributed by atoms with Crippen LogP contribution in [-0.4, -0.2) is 10.2 Å². The van der Waals surface area contributed by atoms with Gasteiger partial charge in [0, 0.05) is 0 Å². The van der Waals surface area contributed by atoms with E-state index in [1.165, 1.54) is 0 Å². The van der Waals surface area contributed by atoms with Gasteiger partial charge >= 0.3 is 0 Å². The van der Waals surface area contributed by atoms with Crippen LogP contribution in [0.5, 0.6) is 0 Å². The lowest BCUT2D eigenvalue weighted by Crippen LogP contribution is -2.07. The maximum atomic E-state index is 9.09. The van der Waals surface area contributed by atoms with E-state index in [1.807, 2.05) is 5.28 Å². The van der Waals surface area contributed by atoms with E-state index in [0.29, 0.717) is 0 Å². The minimum absolute atomic E-state index is 0.444. The second kappa shape index (κ2) is 1.33. The standard InChI is InChI=1S/H3N3O2/c1-3(5)2-4/h4H,(H2,1,2). The molecule has 0 bridgehead atoms. The van der Waals surface area contributed by atoms with Gasteiger partial charge in [-0.15, -0.1) is 0 Å². The molecule has 0 amide bonds. The van der Waals surface area contributed by atoms with Crippen LogP contribution in [0.2, 0.25) is 0 Å². The van der Waals surface area contributed by atoms with Crippen molar-refractivity contribution in [3.05, 3.63) is 5.21 Å². The zero-order chi connectivity index (χ0) is 4.28. The molecule has 0 radical (unpaired) electrons. The molecule has 0 aliphatic heterocycles. The zero-order valence-electron chi connectivity index (χ0n) is 2.33. The Hall–Kier alpha value is -1.00. The normalized spacial score (nSPS) is 11.6. The number of hydrogen-bond acceptors (Lipinski definition) is 2. The average molecular weight is 77.0 g/mol. The summed E-state index contributed by atoms with van der Waals surface area (Å²) in [5.41, 5.74) is 0. The van der Waals surface area contributed by atoms with Crippen molar-refractivity contribution >= 4 is 0 Å². The van der Waals surface area contributed by atoms with Gasteiger partial charge in [-0.05, 0) is 0 Å². The molecule has 0 saturated carbocycles. The van der Waals surface area contributed by atoms with Gasteiger partial charge in [0.05, 0.1) is 4.97 Å². The fourth-order valence-corrected chi connectivity index (χ4v) is 0. The summed E-state index contributed by atoms with van der Waals surface area (Å²) < 4.78 is 0. The predicted molar refractivity (Wildman–Crippen MR) is 12.0 cm³/mol. The Bertz CT molecular complexity index is 42.9. The van der Waals surface area contributed by atoms with Gasteiger partial charge in [-0.3, -0.25) is 0 Å². The van der Waals surface area contributed by atoms with Gasteiger partial charge < -0.3 is 10.4 Å². The van der Waals surface area contributed by atoms with Crippen molar-refractivity contribution in [3.8, 4) is 0 Å². The summed E-state index contributed by atoms with van der Waals surface area (Å²) >= 11 is 0. The Morgan fingerprint density at radius 1 is 2.00 bits per heavy atom. The fraction of sp³-hybridized carbons (Fsp3) is 0. The number of rotatable bonds is 0. The van der Waals surface area contributed by atoms with Crippen LogP contribution < -0.4 is 5.84 Å². The van der Waals surface area contributed by atoms with Gasteiger partial charge in [0.2, 0.25) is 5.28 Å². The third kappa shape index (κ3) is 3.00. The minimum Gasteiger partial charge on any atom is -0.569 e. The Labute approximate surface area is 27.8 Å². The highest BCUT2D eigenvalue weighted by Crippen LogP contribution is 1.47. The summed E-state index contributed by atoms with van der Waals surface area (Å²) in [7, 11) is 0. The molecule has 0 aromatic rings. The first-order chi connectivity index (χ1) is 2.27. The van der Waals surface area contributed by atoms with Crippen LogP contribution in [0.4, 0.5) is 0 Å². The molecule has 5 heteroatoms. The summed E-state index contributed by atoms with van der Waals surface area (Å²) in [6.45, 7) is 0. The summed E-state index contributed by atoms with van der Waals surface area (Å²) in [6.07, 6.45) is 0. The molecule has 0 spiro atoms. The molecule has 0 saturated heterocycles. The van der Waals surface area contributed by atoms with Crippen LogP contribution >= 0.6 is 0 Å². The highest BCUT2D eigenvalue weighted by molar-refractivity contribution is 3.79. The third-order valence-electron chi connectivity index (χ3n) is 0.0882. The average Bonchev–Trinajstić information content (AvgIpc) is 1.38. The van der Waals surface area contributed by atoms with Gasteiger partial charge in [0.15, 0.2) is 0 Å². The Kier molecular flexibility index (Phi) is 1.07. The first-order valence-electron chi connectivity index (χ1n) is 0.841. The summed E-state index contributed by atoms with van der Waals surface area (Å²) in [5.74, 6) is 4.15. The molecule has 0 aromatic heterocycles. The van der Waals surface area contributed by atoms with Crippen molar-refractivity contribution in [2.75, 3.05) is 0 Å². The van der Waals surface area contributed by atoms with E-state index < -0.39 is 4.97 Å². The smallest absolute Gasteiger partial charge is 0.230 e. The highest BCUT2D eigenvalue weighted by atomic mass is 16.6. The van der Waals surface area contributed by atoms with E-state index in [4.69, 9.17) is 10.4 Å². The van der Waals surface area contributed by atoms with E-state index >= 15 is 0 Å². The molecule has 0 heterocycles. The van der Waals surface area contributed by atoms with Crippen molar-refractivity contribution in [1.29, 1.82) is 0 Å². The number of nitrogens with zero attached hydrogens (tertiary/aromatic N) is 2.